The normalized spacial score (nSPS) is 12.0. The summed E-state index contributed by atoms with van der Waals surface area (Å²) in [4.78, 5) is 19.3. The number of benzene rings is 1. The summed E-state index contributed by atoms with van der Waals surface area (Å²) in [5.74, 6) is -0.615. The van der Waals surface area contributed by atoms with Gasteiger partial charge in [0.15, 0.2) is 0 Å². The number of hydrogen-bond acceptors (Lipinski definition) is 3. The minimum atomic E-state index is -4.41. The van der Waals surface area contributed by atoms with Crippen LogP contribution in [0.3, 0.4) is 0 Å². The van der Waals surface area contributed by atoms with Gasteiger partial charge in [0, 0.05) is 29.9 Å². The summed E-state index contributed by atoms with van der Waals surface area (Å²) in [5.41, 5.74) is 0.880. The maximum absolute atomic E-state index is 12.6. The number of alkyl halides is 3. The molecule has 136 valence electrons. The molecule has 0 fully saturated rings. The van der Waals surface area contributed by atoms with Crippen molar-refractivity contribution in [1.82, 2.24) is 15.3 Å². The number of pyridine rings is 1. The lowest BCUT2D eigenvalue weighted by Gasteiger charge is -2.08. The van der Waals surface area contributed by atoms with Crippen molar-refractivity contribution < 1.29 is 18.0 Å². The maximum Gasteiger partial charge on any atom is 0.416 e. The first kappa shape index (κ1) is 18.2. The van der Waals surface area contributed by atoms with Crippen molar-refractivity contribution in [2.75, 3.05) is 0 Å². The van der Waals surface area contributed by atoms with Crippen LogP contribution in [-0.4, -0.2) is 15.9 Å². The van der Waals surface area contributed by atoms with Gasteiger partial charge in [-0.15, -0.1) is 0 Å². The predicted molar refractivity (Wildman–Crippen MR) is 93.0 cm³/mol. The van der Waals surface area contributed by atoms with Crippen molar-refractivity contribution in [2.24, 2.45) is 0 Å². The van der Waals surface area contributed by atoms with E-state index in [9.17, 15) is 23.2 Å². The fourth-order valence-electron chi connectivity index (χ4n) is 2.49. The average molecular weight is 370 g/mol. The number of fused-ring (bicyclic) bond motifs is 1. The Bertz CT molecular complexity index is 1040. The van der Waals surface area contributed by atoms with E-state index >= 15 is 0 Å². The van der Waals surface area contributed by atoms with Crippen LogP contribution in [0.2, 0.25) is 0 Å². The van der Waals surface area contributed by atoms with Gasteiger partial charge in [-0.3, -0.25) is 4.79 Å². The molecule has 3 rings (SSSR count). The van der Waals surface area contributed by atoms with Crippen molar-refractivity contribution in [3.05, 3.63) is 71.1 Å². The zero-order valence-electron chi connectivity index (χ0n) is 13.8. The molecular formula is C19H13F3N4O. The van der Waals surface area contributed by atoms with Gasteiger partial charge >= 0.3 is 6.18 Å². The summed E-state index contributed by atoms with van der Waals surface area (Å²) in [6, 6.07) is 9.84. The highest BCUT2D eigenvalue weighted by Gasteiger charge is 2.29. The van der Waals surface area contributed by atoms with Crippen LogP contribution < -0.4 is 5.32 Å². The molecule has 0 aliphatic carbocycles. The summed E-state index contributed by atoms with van der Waals surface area (Å²) in [7, 11) is 0. The Morgan fingerprint density at radius 2 is 2.00 bits per heavy atom. The van der Waals surface area contributed by atoms with Gasteiger partial charge in [-0.25, -0.2) is 4.98 Å². The average Bonchev–Trinajstić information content (AvgIpc) is 3.07. The van der Waals surface area contributed by atoms with Gasteiger partial charge < -0.3 is 10.3 Å². The van der Waals surface area contributed by atoms with Crippen LogP contribution in [0.25, 0.3) is 17.1 Å². The van der Waals surface area contributed by atoms with E-state index in [-0.39, 0.29) is 12.1 Å². The molecule has 0 saturated carbocycles. The first-order valence-electron chi connectivity index (χ1n) is 7.86. The Kier molecular flexibility index (Phi) is 4.94. The van der Waals surface area contributed by atoms with Crippen LogP contribution in [0.15, 0.2) is 54.4 Å². The Balaban J connectivity index is 1.71. The minimum absolute atomic E-state index is 0.00539. The lowest BCUT2D eigenvalue weighted by molar-refractivity contribution is -0.137. The third-order valence-corrected chi connectivity index (χ3v) is 3.88. The number of aromatic amines is 1. The van der Waals surface area contributed by atoms with E-state index in [1.807, 2.05) is 6.07 Å². The van der Waals surface area contributed by atoms with Crippen molar-refractivity contribution in [3.8, 4) is 6.07 Å². The number of nitrogens with one attached hydrogen (secondary N) is 2. The van der Waals surface area contributed by atoms with E-state index in [2.05, 4.69) is 15.3 Å². The molecule has 8 heteroatoms. The van der Waals surface area contributed by atoms with Crippen LogP contribution in [0.5, 0.6) is 0 Å². The number of carbonyl (C=O) groups excluding carboxylic acids is 1. The van der Waals surface area contributed by atoms with E-state index in [0.717, 1.165) is 17.5 Å². The molecule has 0 atom stereocenters. The second-order valence-corrected chi connectivity index (χ2v) is 5.69. The van der Waals surface area contributed by atoms with Crippen molar-refractivity contribution >= 4 is 23.0 Å². The predicted octanol–water partition coefficient (Wildman–Crippen LogP) is 3.81. The van der Waals surface area contributed by atoms with Gasteiger partial charge in [0.25, 0.3) is 5.91 Å². The molecule has 1 amide bonds. The van der Waals surface area contributed by atoms with Gasteiger partial charge in [0.05, 0.1) is 5.56 Å². The standard InChI is InChI=1S/C19H13F3N4O/c20-19(21,22)15-5-3-12(4-6-15)10-26-18(27)13(9-23)8-14-11-25-17-16(14)2-1-7-24-17/h1-8,11H,10H2,(H,24,25)(H,26,27)/b13-8+. The van der Waals surface area contributed by atoms with Gasteiger partial charge in [-0.2, -0.15) is 18.4 Å². The molecular weight excluding hydrogens is 357 g/mol. The number of hydrogen-bond donors (Lipinski definition) is 2. The molecule has 0 aliphatic rings. The molecule has 27 heavy (non-hydrogen) atoms. The first-order valence-corrected chi connectivity index (χ1v) is 7.86. The monoisotopic (exact) mass is 370 g/mol. The van der Waals surface area contributed by atoms with Gasteiger partial charge in [0.2, 0.25) is 0 Å². The number of aromatic nitrogens is 2. The lowest BCUT2D eigenvalue weighted by Crippen LogP contribution is -2.24. The molecule has 0 unspecified atom stereocenters. The molecule has 2 heterocycles. The quantitative estimate of drug-likeness (QED) is 0.541. The van der Waals surface area contributed by atoms with Crippen molar-refractivity contribution in [2.45, 2.75) is 12.7 Å². The SMILES string of the molecule is N#C/C(=C\c1c[nH]c2ncccc12)C(=O)NCc1ccc(C(F)(F)F)cc1. The third kappa shape index (κ3) is 4.15. The summed E-state index contributed by atoms with van der Waals surface area (Å²) >= 11 is 0. The highest BCUT2D eigenvalue weighted by atomic mass is 19.4. The van der Waals surface area contributed by atoms with Crippen molar-refractivity contribution in [3.63, 3.8) is 0 Å². The van der Waals surface area contributed by atoms with E-state index in [1.54, 1.807) is 24.5 Å². The Hall–Kier alpha value is -3.60. The minimum Gasteiger partial charge on any atom is -0.347 e. The fraction of sp³-hybridized carbons (Fsp3) is 0.105. The highest BCUT2D eigenvalue weighted by Crippen LogP contribution is 2.29. The van der Waals surface area contributed by atoms with Crippen LogP contribution in [-0.2, 0) is 17.5 Å². The molecule has 2 N–H and O–H groups in total. The van der Waals surface area contributed by atoms with E-state index in [4.69, 9.17) is 0 Å². The van der Waals surface area contributed by atoms with E-state index in [0.29, 0.717) is 16.8 Å². The Morgan fingerprint density at radius 1 is 1.26 bits per heavy atom. The maximum atomic E-state index is 12.6. The molecule has 0 saturated heterocycles. The number of nitriles is 1. The highest BCUT2D eigenvalue weighted by molar-refractivity contribution is 6.03. The second kappa shape index (κ2) is 7.33. The Morgan fingerprint density at radius 3 is 2.67 bits per heavy atom. The number of nitrogens with zero attached hydrogens (tertiary/aromatic N) is 2. The number of amides is 1. The smallest absolute Gasteiger partial charge is 0.347 e. The van der Waals surface area contributed by atoms with Gasteiger partial charge in [0.1, 0.15) is 17.3 Å². The molecule has 0 spiro atoms. The van der Waals surface area contributed by atoms with Crippen LogP contribution in [0.4, 0.5) is 13.2 Å². The number of H-pyrrole nitrogens is 1. The number of carbonyl (C=O) groups is 1. The second-order valence-electron chi connectivity index (χ2n) is 5.69. The lowest BCUT2D eigenvalue weighted by atomic mass is 10.1. The van der Waals surface area contributed by atoms with Crippen LogP contribution >= 0.6 is 0 Å². The molecule has 0 radical (unpaired) electrons. The summed E-state index contributed by atoms with van der Waals surface area (Å²) in [6.45, 7) is 0.00539. The summed E-state index contributed by atoms with van der Waals surface area (Å²) in [5, 5.41) is 12.6. The van der Waals surface area contributed by atoms with E-state index < -0.39 is 17.6 Å². The molecule has 3 aromatic rings. The van der Waals surface area contributed by atoms with Crippen LogP contribution in [0.1, 0.15) is 16.7 Å². The summed E-state index contributed by atoms with van der Waals surface area (Å²) < 4.78 is 37.7. The van der Waals surface area contributed by atoms with Gasteiger partial charge in [-0.1, -0.05) is 12.1 Å². The van der Waals surface area contributed by atoms with E-state index in [1.165, 1.54) is 18.2 Å². The Labute approximate surface area is 152 Å². The summed E-state index contributed by atoms with van der Waals surface area (Å²) in [6.07, 6.45) is 0.279. The fourth-order valence-corrected chi connectivity index (χ4v) is 2.49. The third-order valence-electron chi connectivity index (χ3n) is 3.88. The number of rotatable bonds is 4. The van der Waals surface area contributed by atoms with Crippen molar-refractivity contribution in [1.29, 1.82) is 5.26 Å². The number of halogens is 3. The molecule has 1 aromatic carbocycles. The van der Waals surface area contributed by atoms with Gasteiger partial charge in [-0.05, 0) is 35.9 Å². The largest absolute Gasteiger partial charge is 0.416 e. The molecule has 2 aromatic heterocycles. The molecule has 0 bridgehead atoms. The zero-order chi connectivity index (χ0) is 19.4. The molecule has 0 aliphatic heterocycles. The molecule has 5 nitrogen and oxygen atoms in total. The first-order chi connectivity index (χ1) is 12.9. The van der Waals surface area contributed by atoms with Crippen LogP contribution in [0, 0.1) is 11.3 Å². The topological polar surface area (TPSA) is 81.6 Å². The zero-order valence-corrected chi connectivity index (χ0v) is 13.8.